The van der Waals surface area contributed by atoms with Crippen molar-refractivity contribution in [3.05, 3.63) is 88.2 Å². The minimum Gasteiger partial charge on any atom is -0.294 e. The summed E-state index contributed by atoms with van der Waals surface area (Å²) in [6, 6.07) is 16.4. The molecule has 1 atom stereocenters. The molecule has 4 rings (SSSR count). The molecule has 0 saturated carbocycles. The number of Topliss-reactive ketones (excluding diaryl/α,β-unsaturated/α-hetero) is 1. The third-order valence-corrected chi connectivity index (χ3v) is 4.99. The average Bonchev–Trinajstić information content (AvgIpc) is 2.68. The van der Waals surface area contributed by atoms with Gasteiger partial charge in [-0.15, -0.1) is 0 Å². The van der Waals surface area contributed by atoms with Crippen molar-refractivity contribution in [3.63, 3.8) is 0 Å². The van der Waals surface area contributed by atoms with Crippen LogP contribution in [-0.4, -0.2) is 21.7 Å². The highest BCUT2D eigenvalue weighted by molar-refractivity contribution is 6.31. The number of rotatable bonds is 3. The van der Waals surface area contributed by atoms with Crippen molar-refractivity contribution in [1.29, 1.82) is 0 Å². The number of amides is 1. The minimum absolute atomic E-state index is 0.0119. The smallest absolute Gasteiger partial charge is 0.258 e. The Morgan fingerprint density at radius 3 is 2.56 bits per heavy atom. The van der Waals surface area contributed by atoms with E-state index in [1.54, 1.807) is 24.3 Å². The molecular formula is C21H16ClN3O2. The molecule has 1 aliphatic carbocycles. The zero-order chi connectivity index (χ0) is 18.8. The predicted octanol–water partition coefficient (Wildman–Crippen LogP) is 4.30. The number of hydrogen-bond donors (Lipinski definition) is 1. The second kappa shape index (κ2) is 7.29. The number of fused-ring (bicyclic) bond motifs is 1. The molecule has 0 bridgehead atoms. The van der Waals surface area contributed by atoms with Crippen LogP contribution in [0.2, 0.25) is 5.02 Å². The van der Waals surface area contributed by atoms with Crippen molar-refractivity contribution < 1.29 is 9.59 Å². The quantitative estimate of drug-likeness (QED) is 0.738. The van der Waals surface area contributed by atoms with Crippen LogP contribution >= 0.6 is 11.6 Å². The SMILES string of the molecule is O=C(Nc1ncc2c(n1)C[C@@H](c1ccccc1Cl)CC2=O)c1ccccc1. The Hall–Kier alpha value is -3.05. The van der Waals surface area contributed by atoms with Gasteiger partial charge in [-0.05, 0) is 36.1 Å². The van der Waals surface area contributed by atoms with E-state index >= 15 is 0 Å². The maximum atomic E-state index is 12.5. The maximum absolute atomic E-state index is 12.5. The highest BCUT2D eigenvalue weighted by Gasteiger charge is 2.29. The summed E-state index contributed by atoms with van der Waals surface area (Å²) in [5.41, 5.74) is 2.60. The van der Waals surface area contributed by atoms with Crippen molar-refractivity contribution in [1.82, 2.24) is 9.97 Å². The van der Waals surface area contributed by atoms with E-state index in [0.717, 1.165) is 5.56 Å². The van der Waals surface area contributed by atoms with Gasteiger partial charge < -0.3 is 0 Å². The monoisotopic (exact) mass is 377 g/mol. The summed E-state index contributed by atoms with van der Waals surface area (Å²) in [7, 11) is 0. The Morgan fingerprint density at radius 2 is 1.78 bits per heavy atom. The van der Waals surface area contributed by atoms with E-state index in [1.807, 2.05) is 30.3 Å². The van der Waals surface area contributed by atoms with Crippen LogP contribution in [0.3, 0.4) is 0 Å². The zero-order valence-corrected chi connectivity index (χ0v) is 15.1. The van der Waals surface area contributed by atoms with E-state index < -0.39 is 0 Å². The third kappa shape index (κ3) is 3.59. The number of carbonyl (C=O) groups is 2. The molecule has 1 heterocycles. The fourth-order valence-electron chi connectivity index (χ4n) is 3.29. The largest absolute Gasteiger partial charge is 0.294 e. The number of nitrogens with zero attached hydrogens (tertiary/aromatic N) is 2. The molecule has 27 heavy (non-hydrogen) atoms. The van der Waals surface area contributed by atoms with Crippen LogP contribution in [0.25, 0.3) is 0 Å². The number of halogens is 1. The molecule has 1 N–H and O–H groups in total. The molecule has 1 amide bonds. The molecule has 0 aliphatic heterocycles. The molecule has 134 valence electrons. The molecule has 3 aromatic rings. The van der Waals surface area contributed by atoms with Crippen molar-refractivity contribution in [2.24, 2.45) is 0 Å². The van der Waals surface area contributed by atoms with Crippen molar-refractivity contribution in [2.75, 3.05) is 5.32 Å². The van der Waals surface area contributed by atoms with Crippen LogP contribution in [0.15, 0.2) is 60.8 Å². The molecule has 0 saturated heterocycles. The van der Waals surface area contributed by atoms with Gasteiger partial charge in [-0.3, -0.25) is 14.9 Å². The number of ketones is 1. The summed E-state index contributed by atoms with van der Waals surface area (Å²) in [5, 5.41) is 3.33. The fraction of sp³-hybridized carbons (Fsp3) is 0.143. The molecule has 6 heteroatoms. The van der Waals surface area contributed by atoms with E-state index in [0.29, 0.717) is 34.7 Å². The van der Waals surface area contributed by atoms with Gasteiger partial charge >= 0.3 is 0 Å². The van der Waals surface area contributed by atoms with Crippen molar-refractivity contribution in [2.45, 2.75) is 18.8 Å². The summed E-state index contributed by atoms with van der Waals surface area (Å²) < 4.78 is 0. The highest BCUT2D eigenvalue weighted by Crippen LogP contribution is 2.35. The van der Waals surface area contributed by atoms with E-state index in [2.05, 4.69) is 15.3 Å². The lowest BCUT2D eigenvalue weighted by Gasteiger charge is -2.24. The second-order valence-electron chi connectivity index (χ2n) is 6.42. The molecule has 0 unspecified atom stereocenters. The Kier molecular flexibility index (Phi) is 4.69. The van der Waals surface area contributed by atoms with Crippen molar-refractivity contribution in [3.8, 4) is 0 Å². The van der Waals surface area contributed by atoms with Gasteiger partial charge in [0.05, 0.1) is 11.3 Å². The first-order valence-electron chi connectivity index (χ1n) is 8.62. The Labute approximate surface area is 161 Å². The Morgan fingerprint density at radius 1 is 1.04 bits per heavy atom. The van der Waals surface area contributed by atoms with Crippen LogP contribution in [-0.2, 0) is 6.42 Å². The van der Waals surface area contributed by atoms with Crippen LogP contribution < -0.4 is 5.32 Å². The molecule has 0 fully saturated rings. The van der Waals surface area contributed by atoms with Gasteiger partial charge in [0.2, 0.25) is 5.95 Å². The molecule has 0 spiro atoms. The summed E-state index contributed by atoms with van der Waals surface area (Å²) in [5.74, 6) is -0.149. The number of anilines is 1. The first-order chi connectivity index (χ1) is 13.1. The van der Waals surface area contributed by atoms with Crippen LogP contribution in [0.4, 0.5) is 5.95 Å². The molecule has 1 aromatic heterocycles. The van der Waals surface area contributed by atoms with E-state index in [1.165, 1.54) is 6.20 Å². The van der Waals surface area contributed by atoms with E-state index in [9.17, 15) is 9.59 Å². The number of benzene rings is 2. The summed E-state index contributed by atoms with van der Waals surface area (Å²) in [6.45, 7) is 0. The molecule has 1 aliphatic rings. The number of aromatic nitrogens is 2. The van der Waals surface area contributed by atoms with Gasteiger partial charge in [0.1, 0.15) is 0 Å². The standard InChI is InChI=1S/C21H16ClN3O2/c22-17-9-5-4-8-15(17)14-10-18-16(19(26)11-14)12-23-21(24-18)25-20(27)13-6-2-1-3-7-13/h1-9,12,14H,10-11H2,(H,23,24,25,27)/t14-/m1/s1. The number of carbonyl (C=O) groups excluding carboxylic acids is 2. The first kappa shape index (κ1) is 17.4. The molecule has 0 radical (unpaired) electrons. The number of hydrogen-bond acceptors (Lipinski definition) is 4. The molecule has 2 aromatic carbocycles. The highest BCUT2D eigenvalue weighted by atomic mass is 35.5. The van der Waals surface area contributed by atoms with Gasteiger partial charge in [0.25, 0.3) is 5.91 Å². The lowest BCUT2D eigenvalue weighted by Crippen LogP contribution is -2.22. The van der Waals surface area contributed by atoms with Crippen LogP contribution in [0, 0.1) is 0 Å². The first-order valence-corrected chi connectivity index (χ1v) is 8.99. The molecular weight excluding hydrogens is 362 g/mol. The van der Waals surface area contributed by atoms with E-state index in [4.69, 9.17) is 11.6 Å². The predicted molar refractivity (Wildman–Crippen MR) is 103 cm³/mol. The van der Waals surface area contributed by atoms with Crippen molar-refractivity contribution >= 4 is 29.2 Å². The third-order valence-electron chi connectivity index (χ3n) is 4.65. The topological polar surface area (TPSA) is 72.0 Å². The minimum atomic E-state index is -0.291. The number of nitrogens with one attached hydrogen (secondary N) is 1. The maximum Gasteiger partial charge on any atom is 0.258 e. The van der Waals surface area contributed by atoms with Gasteiger partial charge in [0, 0.05) is 23.2 Å². The second-order valence-corrected chi connectivity index (χ2v) is 6.83. The van der Waals surface area contributed by atoms with Crippen LogP contribution in [0.1, 0.15) is 44.3 Å². The summed E-state index contributed by atoms with van der Waals surface area (Å²) >= 11 is 6.30. The van der Waals surface area contributed by atoms with Gasteiger partial charge in [0.15, 0.2) is 5.78 Å². The lowest BCUT2D eigenvalue weighted by molar-refractivity contribution is 0.0962. The van der Waals surface area contributed by atoms with E-state index in [-0.39, 0.29) is 23.6 Å². The Bertz CT molecular complexity index is 1020. The van der Waals surface area contributed by atoms with Gasteiger partial charge in [-0.2, -0.15) is 0 Å². The summed E-state index contributed by atoms with van der Waals surface area (Å²) in [4.78, 5) is 33.4. The van der Waals surface area contributed by atoms with Gasteiger partial charge in [-0.25, -0.2) is 9.97 Å². The normalized spacial score (nSPS) is 15.9. The lowest BCUT2D eigenvalue weighted by atomic mass is 9.82. The average molecular weight is 378 g/mol. The van der Waals surface area contributed by atoms with Crippen LogP contribution in [0.5, 0.6) is 0 Å². The fourth-order valence-corrected chi connectivity index (χ4v) is 3.58. The van der Waals surface area contributed by atoms with Gasteiger partial charge in [-0.1, -0.05) is 48.0 Å². The molecule has 5 nitrogen and oxygen atoms in total. The Balaban J connectivity index is 1.60. The zero-order valence-electron chi connectivity index (χ0n) is 14.4. The summed E-state index contributed by atoms with van der Waals surface area (Å²) in [6.07, 6.45) is 2.44.